The lowest BCUT2D eigenvalue weighted by Gasteiger charge is -2.08. The lowest BCUT2D eigenvalue weighted by molar-refractivity contribution is 0.318. The lowest BCUT2D eigenvalue weighted by Crippen LogP contribution is -2.12. The second kappa shape index (κ2) is 5.95. The van der Waals surface area contributed by atoms with E-state index < -0.39 is 0 Å². The third kappa shape index (κ3) is 3.39. The summed E-state index contributed by atoms with van der Waals surface area (Å²) in [6, 6.07) is 12.2. The number of hydrogen-bond acceptors (Lipinski definition) is 3. The van der Waals surface area contributed by atoms with Crippen LogP contribution in [0, 0.1) is 0 Å². The first-order valence-electron chi connectivity index (χ1n) is 5.31. The maximum absolute atomic E-state index is 8.57. The molecule has 0 spiro atoms. The molecule has 0 unspecified atom stereocenters. The summed E-state index contributed by atoms with van der Waals surface area (Å²) in [5, 5.41) is 12.0. The highest BCUT2D eigenvalue weighted by atomic mass is 79.9. The first-order chi connectivity index (χ1) is 9.10. The Bertz CT molecular complexity index is 615. The minimum Gasteiger partial charge on any atom is -0.456 e. The van der Waals surface area contributed by atoms with Crippen LogP contribution in [0.3, 0.4) is 0 Å². The Morgan fingerprint density at radius 2 is 1.89 bits per heavy atom. The molecule has 98 valence electrons. The summed E-state index contributed by atoms with van der Waals surface area (Å²) in [4.78, 5) is 0. The standard InChI is InChI=1S/C13H10BrClN2O2/c14-9-3-6-11(15)12(7-9)19-10-4-1-8(2-5-10)13(16)17-18/h1-7,18H,(H2,16,17). The fourth-order valence-corrected chi connectivity index (χ4v) is 1.93. The van der Waals surface area contributed by atoms with Gasteiger partial charge in [-0.15, -0.1) is 0 Å². The largest absolute Gasteiger partial charge is 0.456 e. The molecular weight excluding hydrogens is 332 g/mol. The average Bonchev–Trinajstić information content (AvgIpc) is 2.43. The van der Waals surface area contributed by atoms with E-state index in [-0.39, 0.29) is 5.84 Å². The summed E-state index contributed by atoms with van der Waals surface area (Å²) >= 11 is 9.38. The van der Waals surface area contributed by atoms with Crippen molar-refractivity contribution >= 4 is 33.4 Å². The third-order valence-corrected chi connectivity index (χ3v) is 3.18. The van der Waals surface area contributed by atoms with Crippen LogP contribution < -0.4 is 10.5 Å². The predicted octanol–water partition coefficient (Wildman–Crippen LogP) is 3.99. The number of nitrogens with zero attached hydrogens (tertiary/aromatic N) is 1. The molecule has 0 saturated carbocycles. The Hall–Kier alpha value is -1.72. The predicted molar refractivity (Wildman–Crippen MR) is 78.2 cm³/mol. The van der Waals surface area contributed by atoms with Crippen LogP contribution in [0.4, 0.5) is 0 Å². The number of nitrogens with two attached hydrogens (primary N) is 1. The summed E-state index contributed by atoms with van der Waals surface area (Å²) in [6.07, 6.45) is 0. The van der Waals surface area contributed by atoms with Crippen LogP contribution in [-0.2, 0) is 0 Å². The average molecular weight is 342 g/mol. The van der Waals surface area contributed by atoms with E-state index in [4.69, 9.17) is 27.3 Å². The van der Waals surface area contributed by atoms with Crippen LogP contribution in [0.15, 0.2) is 52.1 Å². The van der Waals surface area contributed by atoms with E-state index in [2.05, 4.69) is 21.1 Å². The van der Waals surface area contributed by atoms with Crippen molar-refractivity contribution in [2.45, 2.75) is 0 Å². The van der Waals surface area contributed by atoms with Gasteiger partial charge in [0.1, 0.15) is 11.5 Å². The van der Waals surface area contributed by atoms with Crippen molar-refractivity contribution in [1.29, 1.82) is 0 Å². The molecule has 0 bridgehead atoms. The van der Waals surface area contributed by atoms with Gasteiger partial charge in [0.15, 0.2) is 5.84 Å². The summed E-state index contributed by atoms with van der Waals surface area (Å²) in [6.45, 7) is 0. The van der Waals surface area contributed by atoms with E-state index in [0.29, 0.717) is 22.1 Å². The van der Waals surface area contributed by atoms with Crippen molar-refractivity contribution in [2.75, 3.05) is 0 Å². The molecule has 0 aliphatic carbocycles. The smallest absolute Gasteiger partial charge is 0.170 e. The van der Waals surface area contributed by atoms with Gasteiger partial charge in [-0.25, -0.2) is 0 Å². The molecule has 0 aliphatic rings. The molecule has 2 rings (SSSR count). The first-order valence-corrected chi connectivity index (χ1v) is 6.48. The monoisotopic (exact) mass is 340 g/mol. The van der Waals surface area contributed by atoms with Crippen molar-refractivity contribution in [3.05, 3.63) is 57.5 Å². The maximum atomic E-state index is 8.57. The maximum Gasteiger partial charge on any atom is 0.170 e. The van der Waals surface area contributed by atoms with Gasteiger partial charge in [-0.3, -0.25) is 0 Å². The molecule has 2 aromatic rings. The molecule has 4 nitrogen and oxygen atoms in total. The highest BCUT2D eigenvalue weighted by molar-refractivity contribution is 9.10. The van der Waals surface area contributed by atoms with Crippen molar-refractivity contribution in [3.8, 4) is 11.5 Å². The van der Waals surface area contributed by atoms with Crippen LogP contribution in [0.5, 0.6) is 11.5 Å². The van der Waals surface area contributed by atoms with Gasteiger partial charge in [-0.2, -0.15) is 0 Å². The van der Waals surface area contributed by atoms with E-state index in [1.54, 1.807) is 36.4 Å². The number of rotatable bonds is 3. The molecule has 0 amide bonds. The lowest BCUT2D eigenvalue weighted by atomic mass is 10.2. The Labute approximate surface area is 123 Å². The van der Waals surface area contributed by atoms with Crippen LogP contribution in [0.25, 0.3) is 0 Å². The number of oxime groups is 1. The molecule has 0 saturated heterocycles. The summed E-state index contributed by atoms with van der Waals surface area (Å²) < 4.78 is 6.53. The van der Waals surface area contributed by atoms with Crippen LogP contribution >= 0.6 is 27.5 Å². The Balaban J connectivity index is 2.22. The molecule has 0 atom stereocenters. The Morgan fingerprint density at radius 3 is 2.53 bits per heavy atom. The van der Waals surface area contributed by atoms with Gasteiger partial charge in [-0.05, 0) is 42.5 Å². The van der Waals surface area contributed by atoms with Crippen molar-refractivity contribution in [2.24, 2.45) is 10.9 Å². The van der Waals surface area contributed by atoms with Crippen molar-refractivity contribution in [3.63, 3.8) is 0 Å². The number of amidine groups is 1. The van der Waals surface area contributed by atoms with Gasteiger partial charge in [0.25, 0.3) is 0 Å². The van der Waals surface area contributed by atoms with Crippen molar-refractivity contribution in [1.82, 2.24) is 0 Å². The number of halogens is 2. The molecular formula is C13H10BrClN2O2. The molecule has 19 heavy (non-hydrogen) atoms. The van der Waals surface area contributed by atoms with E-state index in [0.717, 1.165) is 4.47 Å². The summed E-state index contributed by atoms with van der Waals surface area (Å²) in [5.41, 5.74) is 6.08. The molecule has 6 heteroatoms. The summed E-state index contributed by atoms with van der Waals surface area (Å²) in [5.74, 6) is 1.20. The number of ether oxygens (including phenoxy) is 1. The fourth-order valence-electron chi connectivity index (χ4n) is 1.43. The first kappa shape index (κ1) is 13.7. The number of benzene rings is 2. The van der Waals surface area contributed by atoms with Gasteiger partial charge in [0, 0.05) is 10.0 Å². The quantitative estimate of drug-likeness (QED) is 0.384. The fraction of sp³-hybridized carbons (Fsp3) is 0. The van der Waals surface area contributed by atoms with Crippen LogP contribution in [-0.4, -0.2) is 11.0 Å². The molecule has 0 radical (unpaired) electrons. The van der Waals surface area contributed by atoms with E-state index in [1.165, 1.54) is 0 Å². The van der Waals surface area contributed by atoms with Crippen molar-refractivity contribution < 1.29 is 9.94 Å². The molecule has 0 aliphatic heterocycles. The van der Waals surface area contributed by atoms with Gasteiger partial charge < -0.3 is 15.7 Å². The van der Waals surface area contributed by atoms with E-state index in [1.807, 2.05) is 6.07 Å². The second-order valence-electron chi connectivity index (χ2n) is 3.69. The minimum atomic E-state index is 0.0482. The van der Waals surface area contributed by atoms with Gasteiger partial charge >= 0.3 is 0 Å². The SMILES string of the molecule is N/C(=N\O)c1ccc(Oc2cc(Br)ccc2Cl)cc1. The molecule has 2 aromatic carbocycles. The zero-order valence-corrected chi connectivity index (χ0v) is 12.0. The normalized spacial score (nSPS) is 11.4. The molecule has 0 aromatic heterocycles. The molecule has 0 fully saturated rings. The highest BCUT2D eigenvalue weighted by Gasteiger charge is 2.05. The van der Waals surface area contributed by atoms with E-state index in [9.17, 15) is 0 Å². The van der Waals surface area contributed by atoms with Gasteiger partial charge in [-0.1, -0.05) is 32.7 Å². The topological polar surface area (TPSA) is 67.8 Å². The highest BCUT2D eigenvalue weighted by Crippen LogP contribution is 2.31. The van der Waals surface area contributed by atoms with Gasteiger partial charge in [0.2, 0.25) is 0 Å². The summed E-state index contributed by atoms with van der Waals surface area (Å²) in [7, 11) is 0. The molecule has 3 N–H and O–H groups in total. The van der Waals surface area contributed by atoms with Gasteiger partial charge in [0.05, 0.1) is 5.02 Å². The molecule has 0 heterocycles. The van der Waals surface area contributed by atoms with Crippen LogP contribution in [0.1, 0.15) is 5.56 Å². The Morgan fingerprint density at radius 1 is 1.21 bits per heavy atom. The minimum absolute atomic E-state index is 0.0482. The van der Waals surface area contributed by atoms with E-state index >= 15 is 0 Å². The zero-order chi connectivity index (χ0) is 13.8. The van der Waals surface area contributed by atoms with Crippen LogP contribution in [0.2, 0.25) is 5.02 Å². The second-order valence-corrected chi connectivity index (χ2v) is 5.01. The number of hydrogen-bond donors (Lipinski definition) is 2. The third-order valence-electron chi connectivity index (χ3n) is 2.38. The zero-order valence-electron chi connectivity index (χ0n) is 9.68. The Kier molecular flexibility index (Phi) is 4.29.